The molecule has 2 heterocycles. The van der Waals surface area contributed by atoms with E-state index in [1.807, 2.05) is 0 Å². The third-order valence-electron chi connectivity index (χ3n) is 4.25. The van der Waals surface area contributed by atoms with E-state index in [9.17, 15) is 18.0 Å². The van der Waals surface area contributed by atoms with Crippen molar-refractivity contribution in [3.05, 3.63) is 42.6 Å². The molecule has 2 aromatic heterocycles. The highest BCUT2D eigenvalue weighted by Crippen LogP contribution is 2.37. The Morgan fingerprint density at radius 3 is 2.75 bits per heavy atom. The van der Waals surface area contributed by atoms with E-state index < -0.39 is 24.0 Å². The Bertz CT molecular complexity index is 682. The van der Waals surface area contributed by atoms with Crippen LogP contribution < -0.4 is 5.32 Å². The summed E-state index contributed by atoms with van der Waals surface area (Å²) in [6.07, 6.45) is 3.25. The molecule has 0 spiro atoms. The van der Waals surface area contributed by atoms with Crippen LogP contribution in [0, 0.1) is 5.92 Å². The smallest absolute Gasteiger partial charge is 0.349 e. The molecule has 1 saturated carbocycles. The molecule has 1 aliphatic carbocycles. The van der Waals surface area contributed by atoms with Crippen molar-refractivity contribution in [1.29, 1.82) is 0 Å². The zero-order valence-electron chi connectivity index (χ0n) is 12.8. The quantitative estimate of drug-likeness (QED) is 0.935. The summed E-state index contributed by atoms with van der Waals surface area (Å²) in [5.41, 5.74) is 0.327. The van der Waals surface area contributed by atoms with Gasteiger partial charge >= 0.3 is 6.18 Å². The van der Waals surface area contributed by atoms with E-state index in [2.05, 4.69) is 15.3 Å². The number of hydrogen-bond acceptors (Lipinski definition) is 3. The molecule has 0 aromatic carbocycles. The summed E-state index contributed by atoms with van der Waals surface area (Å²) in [5.74, 6) is -1.12. The second kappa shape index (κ2) is 6.62. The van der Waals surface area contributed by atoms with Gasteiger partial charge in [0.05, 0.1) is 11.5 Å². The van der Waals surface area contributed by atoms with E-state index in [1.165, 1.54) is 6.20 Å². The van der Waals surface area contributed by atoms with Gasteiger partial charge in [0.2, 0.25) is 0 Å². The van der Waals surface area contributed by atoms with Gasteiger partial charge in [-0.1, -0.05) is 6.42 Å². The predicted molar refractivity (Wildman–Crippen MR) is 80.6 cm³/mol. The number of nitrogens with one attached hydrogen (secondary N) is 1. The first-order valence-electron chi connectivity index (χ1n) is 7.75. The molecular weight excluding hydrogens is 321 g/mol. The van der Waals surface area contributed by atoms with Crippen LogP contribution in [0.1, 0.15) is 36.0 Å². The monoisotopic (exact) mass is 338 g/mol. The fourth-order valence-corrected chi connectivity index (χ4v) is 2.95. The molecule has 128 valence electrons. The third-order valence-corrected chi connectivity index (χ3v) is 4.25. The maximum absolute atomic E-state index is 12.8. The van der Waals surface area contributed by atoms with E-state index in [-0.39, 0.29) is 12.8 Å². The fraction of sp³-hybridized carbons (Fsp3) is 0.438. The SMILES string of the molecule is O=C(NC1CCCC(C(F)(F)F)C1)c1ccc(-n2ccnc2)nc1. The van der Waals surface area contributed by atoms with Crippen LogP contribution in [-0.2, 0) is 0 Å². The van der Waals surface area contributed by atoms with Crippen molar-refractivity contribution in [2.24, 2.45) is 5.92 Å². The molecule has 1 aliphatic rings. The van der Waals surface area contributed by atoms with Crippen LogP contribution in [0.5, 0.6) is 0 Å². The van der Waals surface area contributed by atoms with Gasteiger partial charge in [0.25, 0.3) is 5.91 Å². The molecular formula is C16H17F3N4O. The summed E-state index contributed by atoms with van der Waals surface area (Å²) in [4.78, 5) is 20.3. The maximum Gasteiger partial charge on any atom is 0.391 e. The first kappa shape index (κ1) is 16.5. The maximum atomic E-state index is 12.8. The number of rotatable bonds is 3. The summed E-state index contributed by atoms with van der Waals surface area (Å²) in [6, 6.07) is 2.81. The Balaban J connectivity index is 1.62. The second-order valence-electron chi connectivity index (χ2n) is 5.95. The zero-order valence-corrected chi connectivity index (χ0v) is 12.8. The van der Waals surface area contributed by atoms with Gasteiger partial charge in [-0.05, 0) is 31.4 Å². The lowest BCUT2D eigenvalue weighted by molar-refractivity contribution is -0.183. The molecule has 1 amide bonds. The largest absolute Gasteiger partial charge is 0.391 e. The van der Waals surface area contributed by atoms with Crippen LogP contribution in [0.15, 0.2) is 37.1 Å². The number of aromatic nitrogens is 3. The number of alkyl halides is 3. The van der Waals surface area contributed by atoms with Crippen molar-refractivity contribution in [3.63, 3.8) is 0 Å². The summed E-state index contributed by atoms with van der Waals surface area (Å²) in [5, 5.41) is 2.69. The third kappa shape index (κ3) is 3.74. The van der Waals surface area contributed by atoms with Gasteiger partial charge in [-0.25, -0.2) is 9.97 Å². The average Bonchev–Trinajstić information content (AvgIpc) is 3.09. The van der Waals surface area contributed by atoms with Crippen molar-refractivity contribution < 1.29 is 18.0 Å². The van der Waals surface area contributed by atoms with E-state index in [1.54, 1.807) is 35.4 Å². The minimum atomic E-state index is -4.20. The van der Waals surface area contributed by atoms with Crippen molar-refractivity contribution in [1.82, 2.24) is 19.9 Å². The molecule has 5 nitrogen and oxygen atoms in total. The molecule has 3 rings (SSSR count). The highest BCUT2D eigenvalue weighted by atomic mass is 19.4. The van der Waals surface area contributed by atoms with Crippen molar-refractivity contribution >= 4 is 5.91 Å². The van der Waals surface area contributed by atoms with Crippen LogP contribution in [0.2, 0.25) is 0 Å². The Morgan fingerprint density at radius 2 is 2.12 bits per heavy atom. The Morgan fingerprint density at radius 1 is 1.29 bits per heavy atom. The minimum absolute atomic E-state index is 0.0597. The van der Waals surface area contributed by atoms with E-state index in [4.69, 9.17) is 0 Å². The van der Waals surface area contributed by atoms with Gasteiger partial charge in [0.1, 0.15) is 12.1 Å². The van der Waals surface area contributed by atoms with Crippen molar-refractivity contribution in [3.8, 4) is 5.82 Å². The van der Waals surface area contributed by atoms with Gasteiger partial charge in [-0.15, -0.1) is 0 Å². The molecule has 1 N–H and O–H groups in total. The molecule has 0 saturated heterocycles. The van der Waals surface area contributed by atoms with E-state index in [0.29, 0.717) is 24.2 Å². The van der Waals surface area contributed by atoms with E-state index >= 15 is 0 Å². The zero-order chi connectivity index (χ0) is 17.2. The number of hydrogen-bond donors (Lipinski definition) is 1. The standard InChI is InChI=1S/C16H17F3N4O/c17-16(18,19)12-2-1-3-13(8-12)22-15(24)11-4-5-14(21-9-11)23-7-6-20-10-23/h4-7,9-10,12-13H,1-3,8H2,(H,22,24). The molecule has 24 heavy (non-hydrogen) atoms. The lowest BCUT2D eigenvalue weighted by atomic mass is 9.85. The minimum Gasteiger partial charge on any atom is -0.349 e. The number of amides is 1. The van der Waals surface area contributed by atoms with Gasteiger partial charge in [-0.2, -0.15) is 13.2 Å². The topological polar surface area (TPSA) is 59.8 Å². The van der Waals surface area contributed by atoms with Gasteiger partial charge < -0.3 is 5.32 Å². The Hall–Kier alpha value is -2.38. The molecule has 0 aliphatic heterocycles. The average molecular weight is 338 g/mol. The number of nitrogens with zero attached hydrogens (tertiary/aromatic N) is 3. The first-order chi connectivity index (χ1) is 11.4. The Labute approximate surface area is 136 Å². The van der Waals surface area contributed by atoms with Crippen LogP contribution in [-0.4, -0.2) is 32.7 Å². The molecule has 2 aromatic rings. The summed E-state index contributed by atoms with van der Waals surface area (Å²) >= 11 is 0. The van der Waals surface area contributed by atoms with Crippen LogP contribution in [0.4, 0.5) is 13.2 Å². The highest BCUT2D eigenvalue weighted by molar-refractivity contribution is 5.94. The predicted octanol–water partition coefficient (Wildman–Crippen LogP) is 3.12. The molecule has 0 radical (unpaired) electrons. The Kier molecular flexibility index (Phi) is 4.55. The number of halogens is 3. The normalized spacial score (nSPS) is 21.5. The second-order valence-corrected chi connectivity index (χ2v) is 5.95. The van der Waals surface area contributed by atoms with E-state index in [0.717, 1.165) is 0 Å². The molecule has 2 atom stereocenters. The van der Waals surface area contributed by atoms with Crippen LogP contribution in [0.3, 0.4) is 0 Å². The summed E-state index contributed by atoms with van der Waals surface area (Å²) in [7, 11) is 0. The van der Waals surface area contributed by atoms with Gasteiger partial charge in [0.15, 0.2) is 0 Å². The lowest BCUT2D eigenvalue weighted by Gasteiger charge is -2.31. The molecule has 2 unspecified atom stereocenters. The lowest BCUT2D eigenvalue weighted by Crippen LogP contribution is -2.41. The molecule has 8 heteroatoms. The fourth-order valence-electron chi connectivity index (χ4n) is 2.95. The number of imidazole rings is 1. The number of pyridine rings is 1. The molecule has 1 fully saturated rings. The number of carbonyl (C=O) groups is 1. The number of carbonyl (C=O) groups excluding carboxylic acids is 1. The van der Waals surface area contributed by atoms with Crippen molar-refractivity contribution in [2.45, 2.75) is 37.9 Å². The van der Waals surface area contributed by atoms with Gasteiger partial charge in [0, 0.05) is 24.6 Å². The first-order valence-corrected chi connectivity index (χ1v) is 7.75. The van der Waals surface area contributed by atoms with Gasteiger partial charge in [-0.3, -0.25) is 9.36 Å². The van der Waals surface area contributed by atoms with Crippen molar-refractivity contribution in [2.75, 3.05) is 0 Å². The molecule has 0 bridgehead atoms. The summed E-state index contributed by atoms with van der Waals surface area (Å²) < 4.78 is 40.2. The highest BCUT2D eigenvalue weighted by Gasteiger charge is 2.42. The summed E-state index contributed by atoms with van der Waals surface area (Å²) in [6.45, 7) is 0. The van der Waals surface area contributed by atoms with Crippen LogP contribution in [0.25, 0.3) is 5.82 Å². The van der Waals surface area contributed by atoms with Crippen LogP contribution >= 0.6 is 0 Å².